The first-order chi connectivity index (χ1) is 5.72. The second-order valence-corrected chi connectivity index (χ2v) is 2.67. The van der Waals surface area contributed by atoms with Crippen LogP contribution in [-0.4, -0.2) is 18.5 Å². The second kappa shape index (κ2) is 6.81. The fourth-order valence-electron chi connectivity index (χ4n) is 0.913. The lowest BCUT2D eigenvalue weighted by atomic mass is 10.1. The van der Waals surface area contributed by atoms with Crippen LogP contribution in [0.2, 0.25) is 0 Å². The van der Waals surface area contributed by atoms with E-state index in [-0.39, 0.29) is 11.9 Å². The number of nitrogens with zero attached hydrogens (tertiary/aromatic N) is 1. The molecular formula is C9H15NO2. The van der Waals surface area contributed by atoms with Gasteiger partial charge in [0, 0.05) is 0 Å². The highest BCUT2D eigenvalue weighted by atomic mass is 16.5. The van der Waals surface area contributed by atoms with Crippen molar-refractivity contribution in [3.63, 3.8) is 0 Å². The van der Waals surface area contributed by atoms with Crippen molar-refractivity contribution in [2.24, 2.45) is 0 Å². The van der Waals surface area contributed by atoms with E-state index >= 15 is 0 Å². The summed E-state index contributed by atoms with van der Waals surface area (Å²) in [5.74, 6) is 0.0507. The van der Waals surface area contributed by atoms with E-state index < -0.39 is 0 Å². The van der Waals surface area contributed by atoms with Gasteiger partial charge in [-0.3, -0.25) is 4.79 Å². The molecule has 0 spiro atoms. The molecule has 0 saturated carbocycles. The van der Waals surface area contributed by atoms with Crippen LogP contribution in [0.5, 0.6) is 0 Å². The molecule has 3 nitrogen and oxygen atoms in total. The highest BCUT2D eigenvalue weighted by Crippen LogP contribution is 2.03. The van der Waals surface area contributed by atoms with Crippen LogP contribution < -0.4 is 0 Å². The number of ether oxygens (including phenoxy) is 1. The molecule has 1 unspecified atom stereocenters. The van der Waals surface area contributed by atoms with Gasteiger partial charge >= 0.3 is 0 Å². The van der Waals surface area contributed by atoms with Crippen LogP contribution in [0.25, 0.3) is 0 Å². The zero-order valence-corrected chi connectivity index (χ0v) is 7.67. The minimum absolute atomic E-state index is 0.0507. The van der Waals surface area contributed by atoms with Gasteiger partial charge in [-0.15, -0.1) is 0 Å². The number of hydrogen-bond donors (Lipinski definition) is 0. The molecule has 0 rings (SSSR count). The Bertz CT molecular complexity index is 172. The summed E-state index contributed by atoms with van der Waals surface area (Å²) in [5.41, 5.74) is 0. The van der Waals surface area contributed by atoms with Gasteiger partial charge in [-0.1, -0.05) is 13.3 Å². The van der Waals surface area contributed by atoms with Crippen molar-refractivity contribution in [2.45, 2.75) is 39.2 Å². The number of nitriles is 1. The maximum absolute atomic E-state index is 10.9. The first-order valence-electron chi connectivity index (χ1n) is 4.21. The van der Waals surface area contributed by atoms with Crippen LogP contribution in [0, 0.1) is 11.3 Å². The predicted molar refractivity (Wildman–Crippen MR) is 45.6 cm³/mol. The average molecular weight is 169 g/mol. The van der Waals surface area contributed by atoms with E-state index in [2.05, 4.69) is 0 Å². The Morgan fingerprint density at radius 3 is 2.75 bits per heavy atom. The summed E-state index contributed by atoms with van der Waals surface area (Å²) in [6.45, 7) is 3.89. The summed E-state index contributed by atoms with van der Waals surface area (Å²) in [6.07, 6.45) is 1.73. The van der Waals surface area contributed by atoms with Crippen LogP contribution in [0.1, 0.15) is 33.1 Å². The number of ketones is 1. The van der Waals surface area contributed by atoms with Crippen molar-refractivity contribution in [1.29, 1.82) is 5.26 Å². The standard InChI is InChI=1S/C9H15NO2/c1-3-5-9(8(2)11)12-7-4-6-10/h9H,3-5,7H2,1-2H3. The molecule has 3 heteroatoms. The smallest absolute Gasteiger partial charge is 0.158 e. The highest BCUT2D eigenvalue weighted by molar-refractivity contribution is 5.80. The van der Waals surface area contributed by atoms with Crippen molar-refractivity contribution < 1.29 is 9.53 Å². The molecule has 0 amide bonds. The summed E-state index contributed by atoms with van der Waals surface area (Å²) < 4.78 is 5.21. The fourth-order valence-corrected chi connectivity index (χ4v) is 0.913. The largest absolute Gasteiger partial charge is 0.369 e. The lowest BCUT2D eigenvalue weighted by Crippen LogP contribution is -2.21. The van der Waals surface area contributed by atoms with Crippen LogP contribution in [0.4, 0.5) is 0 Å². The van der Waals surface area contributed by atoms with E-state index in [1.54, 1.807) is 0 Å². The van der Waals surface area contributed by atoms with E-state index in [1.807, 2.05) is 13.0 Å². The Kier molecular flexibility index (Phi) is 6.31. The average Bonchev–Trinajstić information content (AvgIpc) is 2.03. The molecule has 0 aliphatic rings. The number of carbonyl (C=O) groups excluding carboxylic acids is 1. The normalized spacial score (nSPS) is 12.1. The lowest BCUT2D eigenvalue weighted by molar-refractivity contribution is -0.128. The number of rotatable bonds is 6. The molecule has 0 aliphatic heterocycles. The molecular weight excluding hydrogens is 154 g/mol. The van der Waals surface area contributed by atoms with Gasteiger partial charge in [0.15, 0.2) is 5.78 Å². The number of carbonyl (C=O) groups is 1. The molecule has 0 heterocycles. The maximum Gasteiger partial charge on any atom is 0.158 e. The SMILES string of the molecule is CCCC(OCCC#N)C(C)=O. The first kappa shape index (κ1) is 11.1. The molecule has 1 atom stereocenters. The molecule has 0 saturated heterocycles. The van der Waals surface area contributed by atoms with Crippen molar-refractivity contribution in [1.82, 2.24) is 0 Å². The zero-order chi connectivity index (χ0) is 9.40. The van der Waals surface area contributed by atoms with Gasteiger partial charge in [-0.2, -0.15) is 5.26 Å². The van der Waals surface area contributed by atoms with Crippen molar-refractivity contribution in [3.8, 4) is 6.07 Å². The monoisotopic (exact) mass is 169 g/mol. The van der Waals surface area contributed by atoms with E-state index in [0.717, 1.165) is 12.8 Å². The van der Waals surface area contributed by atoms with Crippen LogP contribution >= 0.6 is 0 Å². The van der Waals surface area contributed by atoms with Crippen molar-refractivity contribution in [2.75, 3.05) is 6.61 Å². The van der Waals surface area contributed by atoms with Gasteiger partial charge in [0.1, 0.15) is 6.10 Å². The minimum Gasteiger partial charge on any atom is -0.369 e. The van der Waals surface area contributed by atoms with E-state index in [1.165, 1.54) is 6.92 Å². The van der Waals surface area contributed by atoms with E-state index in [0.29, 0.717) is 13.0 Å². The third kappa shape index (κ3) is 4.86. The highest BCUT2D eigenvalue weighted by Gasteiger charge is 2.12. The molecule has 0 aliphatic carbocycles. The maximum atomic E-state index is 10.9. The molecule has 0 aromatic carbocycles. The molecule has 68 valence electrons. The van der Waals surface area contributed by atoms with Gasteiger partial charge in [-0.25, -0.2) is 0 Å². The van der Waals surface area contributed by atoms with Gasteiger partial charge in [-0.05, 0) is 13.3 Å². The van der Waals surface area contributed by atoms with Crippen LogP contribution in [-0.2, 0) is 9.53 Å². The molecule has 0 aromatic rings. The Hall–Kier alpha value is -0.880. The summed E-state index contributed by atoms with van der Waals surface area (Å²) in [5, 5.41) is 8.23. The van der Waals surface area contributed by atoms with Gasteiger partial charge < -0.3 is 4.74 Å². The Morgan fingerprint density at radius 2 is 2.33 bits per heavy atom. The third-order valence-corrected chi connectivity index (χ3v) is 1.54. The molecule has 0 bridgehead atoms. The quantitative estimate of drug-likeness (QED) is 0.568. The van der Waals surface area contributed by atoms with Crippen molar-refractivity contribution >= 4 is 5.78 Å². The lowest BCUT2D eigenvalue weighted by Gasteiger charge is -2.12. The first-order valence-corrected chi connectivity index (χ1v) is 4.21. The van der Waals surface area contributed by atoms with Crippen LogP contribution in [0.3, 0.4) is 0 Å². The molecule has 0 N–H and O–H groups in total. The number of Topliss-reactive ketones (excluding diaryl/α,β-unsaturated/α-hetero) is 1. The van der Waals surface area contributed by atoms with Gasteiger partial charge in [0.25, 0.3) is 0 Å². The molecule has 0 fully saturated rings. The topological polar surface area (TPSA) is 50.1 Å². The summed E-state index contributed by atoms with van der Waals surface area (Å²) >= 11 is 0. The van der Waals surface area contributed by atoms with E-state index in [4.69, 9.17) is 10.00 Å². The minimum atomic E-state index is -0.302. The second-order valence-electron chi connectivity index (χ2n) is 2.67. The Balaban J connectivity index is 3.65. The van der Waals surface area contributed by atoms with Crippen molar-refractivity contribution in [3.05, 3.63) is 0 Å². The molecule has 0 radical (unpaired) electrons. The predicted octanol–water partition coefficient (Wildman–Crippen LogP) is 1.67. The summed E-state index contributed by atoms with van der Waals surface area (Å²) in [4.78, 5) is 10.9. The van der Waals surface area contributed by atoms with Gasteiger partial charge in [0.05, 0.1) is 19.1 Å². The van der Waals surface area contributed by atoms with Crippen LogP contribution in [0.15, 0.2) is 0 Å². The fraction of sp³-hybridized carbons (Fsp3) is 0.778. The summed E-state index contributed by atoms with van der Waals surface area (Å²) in [7, 11) is 0. The van der Waals surface area contributed by atoms with E-state index in [9.17, 15) is 4.79 Å². The molecule has 12 heavy (non-hydrogen) atoms. The van der Waals surface area contributed by atoms with Gasteiger partial charge in [0.2, 0.25) is 0 Å². The Morgan fingerprint density at radius 1 is 1.67 bits per heavy atom. The molecule has 0 aromatic heterocycles. The third-order valence-electron chi connectivity index (χ3n) is 1.54. The zero-order valence-electron chi connectivity index (χ0n) is 7.67. The summed E-state index contributed by atoms with van der Waals surface area (Å²) in [6, 6.07) is 1.97. The number of hydrogen-bond acceptors (Lipinski definition) is 3. The Labute approximate surface area is 73.3 Å².